The molecule has 0 amide bonds. The van der Waals surface area contributed by atoms with Crippen molar-refractivity contribution in [2.45, 2.75) is 26.9 Å². The molecule has 0 rings (SSSR count). The Morgan fingerprint density at radius 1 is 1.33 bits per heavy atom. The second-order valence-electron chi connectivity index (χ2n) is 3.88. The quantitative estimate of drug-likeness (QED) is 0.382. The molecule has 0 aromatic heterocycles. The van der Waals surface area contributed by atoms with Gasteiger partial charge in [0.25, 0.3) is 0 Å². The van der Waals surface area contributed by atoms with Crippen molar-refractivity contribution < 1.29 is 126 Å². The summed E-state index contributed by atoms with van der Waals surface area (Å²) in [5.41, 5.74) is -0.964. The van der Waals surface area contributed by atoms with Crippen LogP contribution in [0, 0.1) is 5.41 Å². The zero-order valence-electron chi connectivity index (χ0n) is 9.74. The van der Waals surface area contributed by atoms with Gasteiger partial charge in [-0.05, 0) is 0 Å². The van der Waals surface area contributed by atoms with E-state index in [1.165, 1.54) is 20.8 Å². The van der Waals surface area contributed by atoms with Crippen molar-refractivity contribution in [3.63, 3.8) is 0 Å². The smallest absolute Gasteiger partial charge is 0.811 e. The van der Waals surface area contributed by atoms with Gasteiger partial charge in [0.05, 0.1) is 0 Å². The van der Waals surface area contributed by atoms with Crippen LogP contribution >= 0.6 is 7.60 Å². The summed E-state index contributed by atoms with van der Waals surface area (Å²) in [6, 6.07) is 0. The van der Waals surface area contributed by atoms with E-state index in [2.05, 4.69) is 0 Å². The molecule has 8 heteroatoms. The Morgan fingerprint density at radius 3 is 1.87 bits per heavy atom. The average Bonchev–Trinajstić information content (AvgIpc) is 1.79. The van der Waals surface area contributed by atoms with Gasteiger partial charge in [0.15, 0.2) is 12.0 Å². The Balaban J connectivity index is -0.000000720. The van der Waals surface area contributed by atoms with Crippen LogP contribution in [0.5, 0.6) is 0 Å². The van der Waals surface area contributed by atoms with Crippen molar-refractivity contribution in [2.24, 2.45) is 5.41 Å². The molecule has 0 aliphatic carbocycles. The van der Waals surface area contributed by atoms with E-state index in [0.29, 0.717) is 0 Å². The summed E-state index contributed by atoms with van der Waals surface area (Å²) in [6.45, 7) is 4.38. The van der Waals surface area contributed by atoms with E-state index in [0.717, 1.165) is 0 Å². The maximum Gasteiger partial charge on any atom is 1.00 e. The van der Waals surface area contributed by atoms with Crippen LogP contribution in [0.25, 0.3) is 0 Å². The van der Waals surface area contributed by atoms with Gasteiger partial charge < -0.3 is 14.4 Å². The number of rotatable bonds is 3. The van der Waals surface area contributed by atoms with Crippen LogP contribution in [0.1, 0.15) is 20.8 Å². The Kier molecular flexibility index (Phi) is 13.9. The van der Waals surface area contributed by atoms with E-state index >= 15 is 0 Å². The van der Waals surface area contributed by atoms with Crippen LogP contribution in [-0.2, 0) is 9.36 Å². The molecule has 0 fully saturated rings. The normalized spacial score (nSPS) is 13.5. The first-order valence-corrected chi connectivity index (χ1v) is 5.46. The van der Waals surface area contributed by atoms with Crippen molar-refractivity contribution in [2.75, 3.05) is 6.16 Å². The summed E-state index contributed by atoms with van der Waals surface area (Å²) >= 11 is 0. The van der Waals surface area contributed by atoms with E-state index in [4.69, 9.17) is 0 Å². The van der Waals surface area contributed by atoms with Crippen LogP contribution in [0.2, 0.25) is 0 Å². The van der Waals surface area contributed by atoms with E-state index in [1.54, 1.807) is 0 Å². The minimum atomic E-state index is -4.94. The van der Waals surface area contributed by atoms with E-state index in [9.17, 15) is 23.5 Å². The second kappa shape index (κ2) is 9.01. The molecular weight excluding hydrogens is 276 g/mol. The van der Waals surface area contributed by atoms with Crippen LogP contribution in [-0.4, -0.2) is 18.1 Å². The van der Waals surface area contributed by atoms with E-state index in [-0.39, 0.29) is 103 Å². The van der Waals surface area contributed by atoms with Gasteiger partial charge in [-0.25, -0.2) is 4.39 Å². The molecule has 0 aliphatic rings. The van der Waals surface area contributed by atoms with Gasteiger partial charge in [-0.1, -0.05) is 28.4 Å². The number of Topliss-reactive ketones (excluding diaryl/α,β-unsaturated/α-hetero) is 1. The third-order valence-corrected chi connectivity index (χ3v) is 2.18. The topological polar surface area (TPSA) is 80.3 Å². The van der Waals surface area contributed by atoms with Gasteiger partial charge in [-0.3, -0.25) is 4.79 Å². The monoisotopic (exact) mass is 288 g/mol. The van der Waals surface area contributed by atoms with Gasteiger partial charge in [0.1, 0.15) is 0 Å². The molecule has 1 atom stereocenters. The van der Waals surface area contributed by atoms with Crippen LogP contribution < -0.4 is 113 Å². The first-order chi connectivity index (χ1) is 5.54. The minimum Gasteiger partial charge on any atom is -0.811 e. The number of halogens is 1. The van der Waals surface area contributed by atoms with Crippen LogP contribution in [0.3, 0.4) is 0 Å². The summed E-state index contributed by atoms with van der Waals surface area (Å²) in [4.78, 5) is 31.4. The molecular formula is C7H12FK2O4P. The maximum atomic E-state index is 12.9. The Morgan fingerprint density at radius 2 is 1.67 bits per heavy atom. The third kappa shape index (κ3) is 11.8. The zero-order valence-corrected chi connectivity index (χ0v) is 16.9. The summed E-state index contributed by atoms with van der Waals surface area (Å²) in [5.74, 6) is -0.862. The molecule has 0 aliphatic heterocycles. The molecule has 0 spiro atoms. The fraction of sp³-hybridized carbons (Fsp3) is 0.857. The van der Waals surface area contributed by atoms with Gasteiger partial charge in [-0.2, -0.15) is 0 Å². The largest absolute Gasteiger partial charge is 1.00 e. The molecule has 0 radical (unpaired) electrons. The number of ketones is 1. The Hall–Kier alpha value is 3.02. The number of alkyl halides is 1. The van der Waals surface area contributed by atoms with Crippen molar-refractivity contribution >= 4 is 13.4 Å². The molecule has 78 valence electrons. The molecule has 0 aromatic rings. The molecule has 0 saturated heterocycles. The number of hydrogen-bond acceptors (Lipinski definition) is 4. The van der Waals surface area contributed by atoms with Crippen molar-refractivity contribution in [3.8, 4) is 0 Å². The van der Waals surface area contributed by atoms with E-state index < -0.39 is 31.1 Å². The standard InChI is InChI=1S/C7H14FO4P.2K/c1-7(2,3)6(9)5(8)4-13(10,11)12;;/h5H,4H2,1-3H3,(H2,10,11,12);;/q;2*+1/p-2/t5-;;/m0../s1. The Labute approximate surface area is 174 Å². The molecule has 0 bridgehead atoms. The minimum absolute atomic E-state index is 0. The van der Waals surface area contributed by atoms with Crippen LogP contribution in [0.15, 0.2) is 0 Å². The van der Waals surface area contributed by atoms with Gasteiger partial charge in [-0.15, -0.1) is 0 Å². The summed E-state index contributed by atoms with van der Waals surface area (Å²) < 4.78 is 23.0. The molecule has 0 unspecified atom stereocenters. The summed E-state index contributed by atoms with van der Waals surface area (Å²) in [5, 5.41) is 0. The molecule has 0 N–H and O–H groups in total. The molecule has 0 heterocycles. The average molecular weight is 288 g/mol. The van der Waals surface area contributed by atoms with Gasteiger partial charge in [0, 0.05) is 11.6 Å². The second-order valence-corrected chi connectivity index (χ2v) is 5.46. The molecule has 0 saturated carbocycles. The molecule has 15 heavy (non-hydrogen) atoms. The van der Waals surface area contributed by atoms with Crippen molar-refractivity contribution in [1.29, 1.82) is 0 Å². The third-order valence-electron chi connectivity index (χ3n) is 1.41. The molecule has 4 nitrogen and oxygen atoms in total. The molecule has 0 aromatic carbocycles. The Bertz CT molecular complexity index is 248. The first-order valence-electron chi connectivity index (χ1n) is 3.73. The zero-order chi connectivity index (χ0) is 10.9. The number of carbonyl (C=O) groups excluding carboxylic acids is 1. The predicted molar refractivity (Wildman–Crippen MR) is 41.8 cm³/mol. The fourth-order valence-electron chi connectivity index (χ4n) is 0.749. The first kappa shape index (κ1) is 23.1. The number of carbonyl (C=O) groups is 1. The van der Waals surface area contributed by atoms with Gasteiger partial charge in [0.2, 0.25) is 0 Å². The summed E-state index contributed by atoms with van der Waals surface area (Å²) in [7, 11) is -4.94. The van der Waals surface area contributed by atoms with Crippen molar-refractivity contribution in [3.05, 3.63) is 0 Å². The number of hydrogen-bond donors (Lipinski definition) is 0. The van der Waals surface area contributed by atoms with Crippen LogP contribution in [0.4, 0.5) is 4.39 Å². The van der Waals surface area contributed by atoms with Crippen molar-refractivity contribution in [1.82, 2.24) is 0 Å². The SMILES string of the molecule is CC(C)(C)C(=O)[C@@H](F)CP(=O)([O-])[O-].[K+].[K+]. The fourth-order valence-corrected chi connectivity index (χ4v) is 1.31. The van der Waals surface area contributed by atoms with Gasteiger partial charge >= 0.3 is 103 Å². The predicted octanol–water partition coefficient (Wildman–Crippen LogP) is -6.14. The maximum absolute atomic E-state index is 12.9. The van der Waals surface area contributed by atoms with E-state index in [1.807, 2.05) is 0 Å². The summed E-state index contributed by atoms with van der Waals surface area (Å²) in [6.07, 6.45) is -3.45.